The van der Waals surface area contributed by atoms with Gasteiger partial charge in [0.1, 0.15) is 0 Å². The molecule has 3 aromatic rings. The molecule has 0 saturated carbocycles. The first kappa shape index (κ1) is 13.6. The summed E-state index contributed by atoms with van der Waals surface area (Å²) in [4.78, 5) is 5.91. The number of benzene rings is 1. The molecule has 1 fully saturated rings. The van der Waals surface area contributed by atoms with Crippen LogP contribution in [0.4, 0.5) is 0 Å². The molecule has 114 valence electrons. The van der Waals surface area contributed by atoms with Gasteiger partial charge in [-0.1, -0.05) is 12.1 Å². The number of hydrogen-bond acceptors (Lipinski definition) is 2. The second kappa shape index (κ2) is 5.29. The van der Waals surface area contributed by atoms with Crippen LogP contribution >= 0.6 is 0 Å². The predicted octanol–water partition coefficient (Wildman–Crippen LogP) is 3.55. The molecule has 0 aliphatic carbocycles. The molecule has 4 rings (SSSR count). The van der Waals surface area contributed by atoms with Gasteiger partial charge in [-0.15, -0.1) is 0 Å². The molecule has 3 heterocycles. The maximum absolute atomic E-state index is 4.43. The molecule has 0 unspecified atom stereocenters. The van der Waals surface area contributed by atoms with Crippen LogP contribution in [0.25, 0.3) is 10.9 Å². The van der Waals surface area contributed by atoms with E-state index in [2.05, 4.69) is 52.4 Å². The molecule has 0 spiro atoms. The van der Waals surface area contributed by atoms with Crippen molar-refractivity contribution in [2.75, 3.05) is 6.54 Å². The van der Waals surface area contributed by atoms with E-state index in [1.54, 1.807) is 0 Å². The molecule has 1 aliphatic heterocycles. The van der Waals surface area contributed by atoms with E-state index in [0.717, 1.165) is 6.54 Å². The summed E-state index contributed by atoms with van der Waals surface area (Å²) in [6.07, 6.45) is 6.58. The van der Waals surface area contributed by atoms with E-state index in [1.807, 2.05) is 17.9 Å². The van der Waals surface area contributed by atoms with Gasteiger partial charge in [0, 0.05) is 48.0 Å². The standard InChI is InChI=1S/C18H22N4/c1-13-16(11-20-21(13)2)18-7-4-10-22(18)12-14-5-3-6-17-15(14)8-9-19-17/h3,5-6,8-9,11,18-19H,4,7,10,12H2,1-2H3/t18-/m0/s1. The largest absolute Gasteiger partial charge is 0.361 e. The Labute approximate surface area is 130 Å². The quantitative estimate of drug-likeness (QED) is 0.802. The molecule has 22 heavy (non-hydrogen) atoms. The van der Waals surface area contributed by atoms with Gasteiger partial charge in [0.25, 0.3) is 0 Å². The van der Waals surface area contributed by atoms with Crippen LogP contribution in [-0.4, -0.2) is 26.2 Å². The first-order valence-corrected chi connectivity index (χ1v) is 8.01. The molecular weight excluding hydrogens is 272 g/mol. The Morgan fingerprint density at radius 3 is 3.05 bits per heavy atom. The maximum atomic E-state index is 4.43. The predicted molar refractivity (Wildman–Crippen MR) is 88.6 cm³/mol. The Hall–Kier alpha value is -2.07. The number of aromatic amines is 1. The van der Waals surface area contributed by atoms with Gasteiger partial charge in [-0.25, -0.2) is 0 Å². The number of aryl methyl sites for hydroxylation is 1. The van der Waals surface area contributed by atoms with E-state index in [0.29, 0.717) is 6.04 Å². The number of hydrogen-bond donors (Lipinski definition) is 1. The van der Waals surface area contributed by atoms with Crippen molar-refractivity contribution in [1.29, 1.82) is 0 Å². The summed E-state index contributed by atoms with van der Waals surface area (Å²) in [6, 6.07) is 9.23. The zero-order valence-electron chi connectivity index (χ0n) is 13.2. The lowest BCUT2D eigenvalue weighted by atomic mass is 10.0. The Kier molecular flexibility index (Phi) is 3.26. The molecule has 1 aromatic carbocycles. The number of fused-ring (bicyclic) bond motifs is 1. The van der Waals surface area contributed by atoms with Gasteiger partial charge in [-0.2, -0.15) is 5.10 Å². The van der Waals surface area contributed by atoms with Crippen molar-refractivity contribution in [1.82, 2.24) is 19.7 Å². The molecule has 0 bridgehead atoms. The number of rotatable bonds is 3. The Balaban J connectivity index is 1.64. The lowest BCUT2D eigenvalue weighted by Gasteiger charge is -2.25. The lowest BCUT2D eigenvalue weighted by Crippen LogP contribution is -2.23. The Morgan fingerprint density at radius 1 is 1.32 bits per heavy atom. The third-order valence-corrected chi connectivity index (χ3v) is 5.05. The van der Waals surface area contributed by atoms with Crippen molar-refractivity contribution in [3.8, 4) is 0 Å². The first-order chi connectivity index (χ1) is 10.7. The Bertz CT molecular complexity index is 798. The summed E-state index contributed by atoms with van der Waals surface area (Å²) >= 11 is 0. The number of nitrogens with one attached hydrogen (secondary N) is 1. The number of aromatic nitrogens is 3. The van der Waals surface area contributed by atoms with E-state index in [9.17, 15) is 0 Å². The van der Waals surface area contributed by atoms with Crippen molar-refractivity contribution in [2.24, 2.45) is 7.05 Å². The zero-order valence-corrected chi connectivity index (χ0v) is 13.2. The second-order valence-electron chi connectivity index (χ2n) is 6.29. The normalized spacial score (nSPS) is 19.3. The highest BCUT2D eigenvalue weighted by Crippen LogP contribution is 2.35. The van der Waals surface area contributed by atoms with Crippen molar-refractivity contribution in [3.05, 3.63) is 53.5 Å². The highest BCUT2D eigenvalue weighted by atomic mass is 15.3. The van der Waals surface area contributed by atoms with E-state index < -0.39 is 0 Å². The van der Waals surface area contributed by atoms with Crippen molar-refractivity contribution in [3.63, 3.8) is 0 Å². The van der Waals surface area contributed by atoms with Crippen LogP contribution in [0.2, 0.25) is 0 Å². The summed E-state index contributed by atoms with van der Waals surface area (Å²) in [7, 11) is 2.03. The van der Waals surface area contributed by atoms with Gasteiger partial charge in [-0.3, -0.25) is 9.58 Å². The SMILES string of the molecule is Cc1c([C@@H]2CCCN2Cc2cccc3[nH]ccc23)cnn1C. The number of likely N-dealkylation sites (tertiary alicyclic amines) is 1. The van der Waals surface area contributed by atoms with E-state index >= 15 is 0 Å². The monoisotopic (exact) mass is 294 g/mol. The molecule has 1 atom stereocenters. The summed E-state index contributed by atoms with van der Waals surface area (Å²) < 4.78 is 1.98. The molecule has 4 heteroatoms. The second-order valence-corrected chi connectivity index (χ2v) is 6.29. The highest BCUT2D eigenvalue weighted by Gasteiger charge is 2.28. The summed E-state index contributed by atoms with van der Waals surface area (Å²) in [5.41, 5.74) is 5.32. The van der Waals surface area contributed by atoms with E-state index in [4.69, 9.17) is 0 Å². The van der Waals surface area contributed by atoms with Gasteiger partial charge >= 0.3 is 0 Å². The van der Waals surface area contributed by atoms with Crippen LogP contribution in [0.5, 0.6) is 0 Å². The molecule has 0 amide bonds. The van der Waals surface area contributed by atoms with Crippen LogP contribution in [0.1, 0.15) is 35.7 Å². The van der Waals surface area contributed by atoms with Crippen LogP contribution in [0.3, 0.4) is 0 Å². The fourth-order valence-electron chi connectivity index (χ4n) is 3.72. The molecule has 1 N–H and O–H groups in total. The maximum Gasteiger partial charge on any atom is 0.0540 e. The average Bonchev–Trinajstić information content (AvgIpc) is 3.22. The van der Waals surface area contributed by atoms with Crippen molar-refractivity contribution in [2.45, 2.75) is 32.4 Å². The molecule has 1 aliphatic rings. The molecule has 1 saturated heterocycles. The zero-order chi connectivity index (χ0) is 15.1. The van der Waals surface area contributed by atoms with Gasteiger partial charge < -0.3 is 4.98 Å². The van der Waals surface area contributed by atoms with Crippen molar-refractivity contribution >= 4 is 10.9 Å². The molecule has 2 aromatic heterocycles. The van der Waals surface area contributed by atoms with Crippen LogP contribution in [0, 0.1) is 6.92 Å². The van der Waals surface area contributed by atoms with Gasteiger partial charge in [-0.05, 0) is 44.0 Å². The lowest BCUT2D eigenvalue weighted by molar-refractivity contribution is 0.248. The third-order valence-electron chi connectivity index (χ3n) is 5.05. The topological polar surface area (TPSA) is 36.9 Å². The summed E-state index contributed by atoms with van der Waals surface area (Å²) in [5, 5.41) is 5.77. The summed E-state index contributed by atoms with van der Waals surface area (Å²) in [6.45, 7) is 4.35. The molecule has 4 nitrogen and oxygen atoms in total. The third kappa shape index (κ3) is 2.15. The smallest absolute Gasteiger partial charge is 0.0540 e. The minimum absolute atomic E-state index is 0.503. The minimum atomic E-state index is 0.503. The van der Waals surface area contributed by atoms with E-state index in [-0.39, 0.29) is 0 Å². The minimum Gasteiger partial charge on any atom is -0.361 e. The number of nitrogens with zero attached hydrogens (tertiary/aromatic N) is 3. The number of H-pyrrole nitrogens is 1. The van der Waals surface area contributed by atoms with Crippen LogP contribution < -0.4 is 0 Å². The van der Waals surface area contributed by atoms with Crippen LogP contribution in [0.15, 0.2) is 36.7 Å². The van der Waals surface area contributed by atoms with E-state index in [1.165, 1.54) is 47.1 Å². The average molecular weight is 294 g/mol. The van der Waals surface area contributed by atoms with Crippen molar-refractivity contribution < 1.29 is 0 Å². The van der Waals surface area contributed by atoms with Gasteiger partial charge in [0.05, 0.1) is 6.20 Å². The molecular formula is C18H22N4. The molecule has 0 radical (unpaired) electrons. The Morgan fingerprint density at radius 2 is 2.23 bits per heavy atom. The fourth-order valence-corrected chi connectivity index (χ4v) is 3.72. The fraction of sp³-hybridized carbons (Fsp3) is 0.389. The van der Waals surface area contributed by atoms with Gasteiger partial charge in [0.15, 0.2) is 0 Å². The van der Waals surface area contributed by atoms with Gasteiger partial charge in [0.2, 0.25) is 0 Å². The van der Waals surface area contributed by atoms with Crippen LogP contribution in [-0.2, 0) is 13.6 Å². The summed E-state index contributed by atoms with van der Waals surface area (Å²) in [5.74, 6) is 0. The first-order valence-electron chi connectivity index (χ1n) is 8.01. The highest BCUT2D eigenvalue weighted by molar-refractivity contribution is 5.82.